The molecule has 0 amide bonds. The highest BCUT2D eigenvalue weighted by molar-refractivity contribution is 5.42. The van der Waals surface area contributed by atoms with E-state index in [-0.39, 0.29) is 30.1 Å². The number of hydrogen-bond donors (Lipinski definition) is 5. The van der Waals surface area contributed by atoms with Crippen molar-refractivity contribution in [3.63, 3.8) is 0 Å². The predicted octanol–water partition coefficient (Wildman–Crippen LogP) is 1.26. The number of benzene rings is 2. The van der Waals surface area contributed by atoms with Crippen LogP contribution in [0.15, 0.2) is 42.5 Å². The fourth-order valence-electron chi connectivity index (χ4n) is 3.30. The number of phenols is 2. The van der Waals surface area contributed by atoms with E-state index >= 15 is 0 Å². The van der Waals surface area contributed by atoms with Crippen LogP contribution >= 0.6 is 0 Å². The normalized spacial score (nSPS) is 26.5. The molecule has 1 aliphatic rings. The maximum absolute atomic E-state index is 10.6. The van der Waals surface area contributed by atoms with Crippen molar-refractivity contribution in [3.05, 3.63) is 53.6 Å². The molecule has 7 nitrogen and oxygen atoms in total. The molecule has 0 aromatic heterocycles. The summed E-state index contributed by atoms with van der Waals surface area (Å²) in [5.41, 5.74) is 1.34. The molecule has 0 bridgehead atoms. The molecule has 0 aliphatic carbocycles. The molecule has 1 saturated heterocycles. The van der Waals surface area contributed by atoms with Crippen LogP contribution < -0.4 is 4.74 Å². The monoisotopic (exact) mass is 376 g/mol. The summed E-state index contributed by atoms with van der Waals surface area (Å²) < 4.78 is 11.0. The minimum Gasteiger partial charge on any atom is -0.508 e. The van der Waals surface area contributed by atoms with E-state index in [1.165, 1.54) is 31.4 Å². The van der Waals surface area contributed by atoms with Crippen LogP contribution in [0.25, 0.3) is 0 Å². The third-order valence-corrected chi connectivity index (χ3v) is 4.84. The number of ether oxygens (including phenoxy) is 2. The number of hydrogen-bond acceptors (Lipinski definition) is 7. The fourth-order valence-corrected chi connectivity index (χ4v) is 3.30. The van der Waals surface area contributed by atoms with Crippen LogP contribution in [0, 0.1) is 0 Å². The molecule has 0 unspecified atom stereocenters. The fraction of sp³-hybridized carbons (Fsp3) is 0.400. The Morgan fingerprint density at radius 3 is 2.48 bits per heavy atom. The Morgan fingerprint density at radius 2 is 1.81 bits per heavy atom. The molecule has 0 saturated carbocycles. The Morgan fingerprint density at radius 1 is 1.11 bits per heavy atom. The Kier molecular flexibility index (Phi) is 5.86. The highest BCUT2D eigenvalue weighted by Crippen LogP contribution is 2.37. The van der Waals surface area contributed by atoms with Gasteiger partial charge in [-0.3, -0.25) is 0 Å². The van der Waals surface area contributed by atoms with Gasteiger partial charge < -0.3 is 35.0 Å². The van der Waals surface area contributed by atoms with Crippen molar-refractivity contribution >= 4 is 0 Å². The molecule has 5 N–H and O–H groups in total. The Labute approximate surface area is 157 Å². The van der Waals surface area contributed by atoms with E-state index < -0.39 is 30.5 Å². The number of rotatable bonds is 5. The third kappa shape index (κ3) is 4.33. The van der Waals surface area contributed by atoms with Gasteiger partial charge in [0.2, 0.25) is 0 Å². The molecule has 3 rings (SSSR count). The average molecular weight is 376 g/mol. The van der Waals surface area contributed by atoms with Crippen molar-refractivity contribution in [1.29, 1.82) is 0 Å². The lowest BCUT2D eigenvalue weighted by molar-refractivity contribution is -0.195. The van der Waals surface area contributed by atoms with Crippen LogP contribution in [0.4, 0.5) is 0 Å². The SMILES string of the molecule is COc1cc([C@@H]2O[C@@H]([C@H](O)Cc3ccc(O)cc3)C[C@H](O)[C@H]2O)ccc1O. The first kappa shape index (κ1) is 19.4. The number of phenolic OH excluding ortho intramolecular Hbond substituents is 2. The maximum atomic E-state index is 10.6. The molecule has 2 aromatic rings. The minimum absolute atomic E-state index is 0.0454. The van der Waals surface area contributed by atoms with Crippen LogP contribution in [0.2, 0.25) is 0 Å². The van der Waals surface area contributed by atoms with Gasteiger partial charge in [0.05, 0.1) is 25.4 Å². The summed E-state index contributed by atoms with van der Waals surface area (Å²) in [6.45, 7) is 0. The van der Waals surface area contributed by atoms with Crippen molar-refractivity contribution in [1.82, 2.24) is 0 Å². The van der Waals surface area contributed by atoms with Crippen molar-refractivity contribution in [2.24, 2.45) is 0 Å². The van der Waals surface area contributed by atoms with E-state index in [1.54, 1.807) is 18.2 Å². The van der Waals surface area contributed by atoms with Crippen molar-refractivity contribution < 1.29 is 35.0 Å². The second kappa shape index (κ2) is 8.14. The molecular formula is C20H24O7. The van der Waals surface area contributed by atoms with E-state index in [9.17, 15) is 25.5 Å². The van der Waals surface area contributed by atoms with E-state index in [0.717, 1.165) is 5.56 Å². The molecule has 146 valence electrons. The maximum Gasteiger partial charge on any atom is 0.160 e. The van der Waals surface area contributed by atoms with Gasteiger partial charge in [-0.05, 0) is 35.4 Å². The Balaban J connectivity index is 1.77. The molecule has 7 heteroatoms. The van der Waals surface area contributed by atoms with Crippen LogP contribution in [0.5, 0.6) is 17.2 Å². The summed E-state index contributed by atoms with van der Waals surface area (Å²) in [5.74, 6) is 0.322. The quantitative estimate of drug-likeness (QED) is 0.533. The lowest BCUT2D eigenvalue weighted by atomic mass is 9.89. The summed E-state index contributed by atoms with van der Waals surface area (Å²) in [5, 5.41) is 50.3. The highest BCUT2D eigenvalue weighted by Gasteiger charge is 2.40. The Bertz CT molecular complexity index is 761. The molecule has 0 radical (unpaired) electrons. The van der Waals surface area contributed by atoms with E-state index in [2.05, 4.69) is 0 Å². The van der Waals surface area contributed by atoms with Gasteiger partial charge in [-0.1, -0.05) is 18.2 Å². The van der Waals surface area contributed by atoms with Crippen molar-refractivity contribution in [3.8, 4) is 17.2 Å². The first-order valence-electron chi connectivity index (χ1n) is 8.73. The molecular weight excluding hydrogens is 352 g/mol. The van der Waals surface area contributed by atoms with Crippen molar-refractivity contribution in [2.45, 2.75) is 43.4 Å². The molecule has 1 heterocycles. The molecule has 5 atom stereocenters. The third-order valence-electron chi connectivity index (χ3n) is 4.84. The van der Waals surface area contributed by atoms with Gasteiger partial charge in [0.25, 0.3) is 0 Å². The standard InChI is InChI=1S/C20H24O7/c1-26-17-9-12(4-7-14(17)22)20-19(25)16(24)10-18(27-20)15(23)8-11-2-5-13(21)6-3-11/h2-7,9,15-16,18-25H,8,10H2,1H3/t15-,16+,18-,19-,20+/m1/s1. The highest BCUT2D eigenvalue weighted by atomic mass is 16.5. The van der Waals surface area contributed by atoms with Crippen molar-refractivity contribution in [2.75, 3.05) is 7.11 Å². The zero-order valence-corrected chi connectivity index (χ0v) is 14.9. The summed E-state index contributed by atoms with van der Waals surface area (Å²) in [4.78, 5) is 0. The zero-order chi connectivity index (χ0) is 19.6. The second-order valence-electron chi connectivity index (χ2n) is 6.76. The predicted molar refractivity (Wildman–Crippen MR) is 96.7 cm³/mol. The van der Waals surface area contributed by atoms with Gasteiger partial charge in [-0.25, -0.2) is 0 Å². The van der Waals surface area contributed by atoms with Crippen LogP contribution in [0.1, 0.15) is 23.7 Å². The van der Waals surface area contributed by atoms with Crippen LogP contribution in [0.3, 0.4) is 0 Å². The van der Waals surface area contributed by atoms with Gasteiger partial charge in [-0.2, -0.15) is 0 Å². The number of aliphatic hydroxyl groups excluding tert-OH is 3. The summed E-state index contributed by atoms with van der Waals surface area (Å²) in [7, 11) is 1.41. The summed E-state index contributed by atoms with van der Waals surface area (Å²) in [6, 6.07) is 11.0. The number of methoxy groups -OCH3 is 1. The van der Waals surface area contributed by atoms with Gasteiger partial charge in [-0.15, -0.1) is 0 Å². The molecule has 0 spiro atoms. The summed E-state index contributed by atoms with van der Waals surface area (Å²) >= 11 is 0. The van der Waals surface area contributed by atoms with Crippen LogP contribution in [-0.2, 0) is 11.2 Å². The van der Waals surface area contributed by atoms with Crippen LogP contribution in [-0.4, -0.2) is 57.1 Å². The zero-order valence-electron chi connectivity index (χ0n) is 14.9. The van der Waals surface area contributed by atoms with Gasteiger partial charge >= 0.3 is 0 Å². The lowest BCUT2D eigenvalue weighted by Gasteiger charge is -2.39. The molecule has 1 fully saturated rings. The second-order valence-corrected chi connectivity index (χ2v) is 6.76. The lowest BCUT2D eigenvalue weighted by Crippen LogP contribution is -2.48. The number of aromatic hydroxyl groups is 2. The largest absolute Gasteiger partial charge is 0.508 e. The van der Waals surface area contributed by atoms with E-state index in [0.29, 0.717) is 5.56 Å². The topological polar surface area (TPSA) is 120 Å². The molecule has 1 aliphatic heterocycles. The number of aliphatic hydroxyl groups is 3. The first-order valence-corrected chi connectivity index (χ1v) is 8.73. The first-order chi connectivity index (χ1) is 12.9. The smallest absolute Gasteiger partial charge is 0.160 e. The molecule has 27 heavy (non-hydrogen) atoms. The Hall–Kier alpha value is -2.32. The minimum atomic E-state index is -1.17. The van der Waals surface area contributed by atoms with Gasteiger partial charge in [0.15, 0.2) is 11.5 Å². The average Bonchev–Trinajstić information content (AvgIpc) is 2.66. The van der Waals surface area contributed by atoms with Gasteiger partial charge in [0, 0.05) is 12.8 Å². The van der Waals surface area contributed by atoms with E-state index in [1.807, 2.05) is 0 Å². The van der Waals surface area contributed by atoms with Gasteiger partial charge in [0.1, 0.15) is 18.0 Å². The molecule has 2 aromatic carbocycles. The van der Waals surface area contributed by atoms with E-state index in [4.69, 9.17) is 9.47 Å². The summed E-state index contributed by atoms with van der Waals surface area (Å²) in [6.07, 6.45) is -4.34.